The third-order valence-electron chi connectivity index (χ3n) is 4.83. The number of nitrogens with zero attached hydrogens (tertiary/aromatic N) is 1. The average Bonchev–Trinajstić information content (AvgIpc) is 3.02. The Labute approximate surface area is 154 Å². The van der Waals surface area contributed by atoms with Gasteiger partial charge in [0.25, 0.3) is 0 Å². The van der Waals surface area contributed by atoms with E-state index in [1.54, 1.807) is 14.2 Å². The number of para-hydroxylation sites is 1. The number of anilines is 1. The van der Waals surface area contributed by atoms with E-state index in [4.69, 9.17) is 9.47 Å². The first-order chi connectivity index (χ1) is 12.6. The van der Waals surface area contributed by atoms with Gasteiger partial charge in [0.2, 0.25) is 0 Å². The molecule has 2 aromatic carbocycles. The van der Waals surface area contributed by atoms with E-state index in [0.29, 0.717) is 12.5 Å². The summed E-state index contributed by atoms with van der Waals surface area (Å²) in [5, 5.41) is 3.04. The predicted octanol–water partition coefficient (Wildman–Crippen LogP) is 3.97. The summed E-state index contributed by atoms with van der Waals surface area (Å²) in [6.45, 7) is 3.53. The summed E-state index contributed by atoms with van der Waals surface area (Å²) in [5.74, 6) is 1.84. The zero-order valence-corrected chi connectivity index (χ0v) is 15.6. The molecule has 0 aromatic heterocycles. The van der Waals surface area contributed by atoms with Gasteiger partial charge in [0.15, 0.2) is 11.5 Å². The van der Waals surface area contributed by atoms with Gasteiger partial charge in [0.05, 0.1) is 14.2 Å². The Balaban J connectivity index is 1.51. The van der Waals surface area contributed by atoms with E-state index in [1.165, 1.54) is 5.56 Å². The van der Waals surface area contributed by atoms with Gasteiger partial charge < -0.3 is 14.8 Å². The van der Waals surface area contributed by atoms with E-state index in [-0.39, 0.29) is 6.03 Å². The number of nitrogens with one attached hydrogen (secondary N) is 1. The molecule has 0 saturated heterocycles. The van der Waals surface area contributed by atoms with E-state index < -0.39 is 0 Å². The van der Waals surface area contributed by atoms with Crippen molar-refractivity contribution in [1.82, 2.24) is 5.32 Å². The molecule has 0 spiro atoms. The molecule has 1 heterocycles. The molecule has 1 atom stereocenters. The molecule has 1 aliphatic heterocycles. The summed E-state index contributed by atoms with van der Waals surface area (Å²) in [4.78, 5) is 14.4. The highest BCUT2D eigenvalue weighted by Gasteiger charge is 2.28. The van der Waals surface area contributed by atoms with Crippen LogP contribution in [-0.4, -0.2) is 33.3 Å². The minimum atomic E-state index is -0.0193. The first-order valence-electron chi connectivity index (χ1n) is 8.99. The van der Waals surface area contributed by atoms with E-state index in [1.807, 2.05) is 41.3 Å². The maximum atomic E-state index is 12.5. The van der Waals surface area contributed by atoms with Crippen molar-refractivity contribution in [3.8, 4) is 11.5 Å². The maximum Gasteiger partial charge on any atom is 0.321 e. The van der Waals surface area contributed by atoms with Crippen LogP contribution >= 0.6 is 0 Å². The van der Waals surface area contributed by atoms with E-state index in [2.05, 4.69) is 18.3 Å². The fourth-order valence-electron chi connectivity index (χ4n) is 3.43. The van der Waals surface area contributed by atoms with Crippen molar-refractivity contribution in [1.29, 1.82) is 0 Å². The van der Waals surface area contributed by atoms with Crippen molar-refractivity contribution in [2.24, 2.45) is 0 Å². The number of urea groups is 1. The second-order valence-corrected chi connectivity index (χ2v) is 6.60. The molecular weight excluding hydrogens is 328 g/mol. The predicted molar refractivity (Wildman–Crippen MR) is 103 cm³/mol. The van der Waals surface area contributed by atoms with Gasteiger partial charge in [-0.2, -0.15) is 0 Å². The van der Waals surface area contributed by atoms with E-state index >= 15 is 0 Å². The molecule has 0 saturated carbocycles. The normalized spacial score (nSPS) is 15.5. The highest BCUT2D eigenvalue weighted by molar-refractivity contribution is 5.94. The van der Waals surface area contributed by atoms with Gasteiger partial charge in [-0.15, -0.1) is 0 Å². The van der Waals surface area contributed by atoms with Crippen molar-refractivity contribution in [2.45, 2.75) is 25.7 Å². The van der Waals surface area contributed by atoms with Crippen molar-refractivity contribution in [3.63, 3.8) is 0 Å². The lowest BCUT2D eigenvalue weighted by Crippen LogP contribution is -2.39. The number of carbonyl (C=O) groups is 1. The lowest BCUT2D eigenvalue weighted by molar-refractivity contribution is 0.246. The molecule has 0 radical (unpaired) electrons. The Bertz CT molecular complexity index is 776. The number of hydrogen-bond donors (Lipinski definition) is 1. The molecule has 1 N–H and O–H groups in total. The van der Waals surface area contributed by atoms with Crippen LogP contribution in [0, 0.1) is 0 Å². The van der Waals surface area contributed by atoms with Gasteiger partial charge in [-0.25, -0.2) is 4.79 Å². The van der Waals surface area contributed by atoms with Crippen LogP contribution in [0.25, 0.3) is 0 Å². The SMILES string of the molecule is COc1ccc(CCCNC(=O)N2CC(C)c3ccccc32)cc1OC. The van der Waals surface area contributed by atoms with Gasteiger partial charge in [-0.3, -0.25) is 4.90 Å². The largest absolute Gasteiger partial charge is 0.493 e. The molecule has 2 aromatic rings. The summed E-state index contributed by atoms with van der Waals surface area (Å²) in [7, 11) is 3.27. The molecule has 5 heteroatoms. The Kier molecular flexibility index (Phi) is 5.66. The number of benzene rings is 2. The quantitative estimate of drug-likeness (QED) is 0.799. The fourth-order valence-corrected chi connectivity index (χ4v) is 3.43. The molecule has 0 aliphatic carbocycles. The number of amides is 2. The molecule has 26 heavy (non-hydrogen) atoms. The van der Waals surface area contributed by atoms with Gasteiger partial charge >= 0.3 is 6.03 Å². The monoisotopic (exact) mass is 354 g/mol. The minimum Gasteiger partial charge on any atom is -0.493 e. The van der Waals surface area contributed by atoms with Crippen LogP contribution in [0.4, 0.5) is 10.5 Å². The smallest absolute Gasteiger partial charge is 0.321 e. The van der Waals surface area contributed by atoms with E-state index in [0.717, 1.165) is 42.1 Å². The molecular formula is C21H26N2O3. The molecule has 2 amide bonds. The van der Waals surface area contributed by atoms with Crippen LogP contribution in [0.1, 0.15) is 30.4 Å². The zero-order valence-electron chi connectivity index (χ0n) is 15.6. The molecule has 0 fully saturated rings. The van der Waals surface area contributed by atoms with Crippen LogP contribution in [0.15, 0.2) is 42.5 Å². The van der Waals surface area contributed by atoms with Crippen molar-refractivity contribution >= 4 is 11.7 Å². The van der Waals surface area contributed by atoms with Crippen LogP contribution in [0.3, 0.4) is 0 Å². The lowest BCUT2D eigenvalue weighted by Gasteiger charge is -2.18. The van der Waals surface area contributed by atoms with Gasteiger partial charge in [0, 0.05) is 24.7 Å². The molecule has 1 unspecified atom stereocenters. The maximum absolute atomic E-state index is 12.5. The number of hydrogen-bond acceptors (Lipinski definition) is 3. The van der Waals surface area contributed by atoms with E-state index in [9.17, 15) is 4.79 Å². The van der Waals surface area contributed by atoms with Crippen LogP contribution in [0.2, 0.25) is 0 Å². The first-order valence-corrected chi connectivity index (χ1v) is 8.99. The zero-order chi connectivity index (χ0) is 18.5. The standard InChI is InChI=1S/C21H26N2O3/c1-15-14-23(18-9-5-4-8-17(15)18)21(24)22-12-6-7-16-10-11-19(25-2)20(13-16)26-3/h4-5,8-11,13,15H,6-7,12,14H2,1-3H3,(H,22,24). The topological polar surface area (TPSA) is 50.8 Å². The van der Waals surface area contributed by atoms with Crippen molar-refractivity contribution < 1.29 is 14.3 Å². The molecule has 5 nitrogen and oxygen atoms in total. The Morgan fingerprint density at radius 1 is 1.15 bits per heavy atom. The summed E-state index contributed by atoms with van der Waals surface area (Å²) in [6.07, 6.45) is 1.74. The third-order valence-corrected chi connectivity index (χ3v) is 4.83. The summed E-state index contributed by atoms with van der Waals surface area (Å²) >= 11 is 0. The molecule has 138 valence electrons. The molecule has 3 rings (SSSR count). The number of carbonyl (C=O) groups excluding carboxylic acids is 1. The van der Waals surface area contributed by atoms with Crippen molar-refractivity contribution in [2.75, 3.05) is 32.2 Å². The van der Waals surface area contributed by atoms with Gasteiger partial charge in [-0.1, -0.05) is 31.2 Å². The lowest BCUT2D eigenvalue weighted by atomic mass is 10.0. The van der Waals surface area contributed by atoms with Crippen molar-refractivity contribution in [3.05, 3.63) is 53.6 Å². The molecule has 0 bridgehead atoms. The Morgan fingerprint density at radius 2 is 1.92 bits per heavy atom. The van der Waals surface area contributed by atoms with Crippen LogP contribution in [-0.2, 0) is 6.42 Å². The van der Waals surface area contributed by atoms with Crippen LogP contribution in [0.5, 0.6) is 11.5 Å². The second kappa shape index (κ2) is 8.13. The second-order valence-electron chi connectivity index (χ2n) is 6.60. The Hall–Kier alpha value is -2.69. The van der Waals surface area contributed by atoms with Gasteiger partial charge in [-0.05, 0) is 42.2 Å². The number of aryl methyl sites for hydroxylation is 1. The summed E-state index contributed by atoms with van der Waals surface area (Å²) in [6, 6.07) is 14.0. The summed E-state index contributed by atoms with van der Waals surface area (Å²) in [5.41, 5.74) is 3.43. The highest BCUT2D eigenvalue weighted by Crippen LogP contribution is 2.35. The number of rotatable bonds is 6. The number of methoxy groups -OCH3 is 2. The average molecular weight is 354 g/mol. The minimum absolute atomic E-state index is 0.0193. The highest BCUT2D eigenvalue weighted by atomic mass is 16.5. The third kappa shape index (κ3) is 3.77. The molecule has 1 aliphatic rings. The summed E-state index contributed by atoms with van der Waals surface area (Å²) < 4.78 is 10.6. The number of fused-ring (bicyclic) bond motifs is 1. The first kappa shape index (κ1) is 18.1. The van der Waals surface area contributed by atoms with Crippen LogP contribution < -0.4 is 19.7 Å². The fraction of sp³-hybridized carbons (Fsp3) is 0.381. The Morgan fingerprint density at radius 3 is 2.69 bits per heavy atom. The van der Waals surface area contributed by atoms with Gasteiger partial charge in [0.1, 0.15) is 0 Å². The number of ether oxygens (including phenoxy) is 2.